The number of halogens is 3. The Balaban J connectivity index is 2.18. The van der Waals surface area contributed by atoms with Gasteiger partial charge in [0.1, 0.15) is 11.2 Å². The Morgan fingerprint density at radius 3 is 2.61 bits per heavy atom. The van der Waals surface area contributed by atoms with Gasteiger partial charge in [-0.1, -0.05) is 0 Å². The number of hydrogen-bond acceptors (Lipinski definition) is 3. The SMILES string of the molecule is CNC(=O)c1cc(NC2(C(F)(F)F)CC2)ccn1. The molecule has 1 heterocycles. The smallest absolute Gasteiger partial charge is 0.371 e. The Morgan fingerprint density at radius 2 is 2.11 bits per heavy atom. The van der Waals surface area contributed by atoms with Crippen LogP contribution in [0.1, 0.15) is 23.3 Å². The van der Waals surface area contributed by atoms with Crippen LogP contribution in [0.4, 0.5) is 18.9 Å². The molecule has 0 saturated heterocycles. The second kappa shape index (κ2) is 4.15. The van der Waals surface area contributed by atoms with Crippen LogP contribution in [-0.4, -0.2) is 29.7 Å². The highest BCUT2D eigenvalue weighted by molar-refractivity contribution is 5.92. The summed E-state index contributed by atoms with van der Waals surface area (Å²) in [4.78, 5) is 15.1. The fraction of sp³-hybridized carbons (Fsp3) is 0.455. The monoisotopic (exact) mass is 259 g/mol. The molecule has 2 N–H and O–H groups in total. The predicted octanol–water partition coefficient (Wildman–Crippen LogP) is 1.95. The normalized spacial score (nSPS) is 17.1. The molecule has 1 aliphatic rings. The fourth-order valence-electron chi connectivity index (χ4n) is 1.64. The molecule has 98 valence electrons. The lowest BCUT2D eigenvalue weighted by molar-refractivity contribution is -0.151. The number of carbonyl (C=O) groups excluding carboxylic acids is 1. The number of hydrogen-bond donors (Lipinski definition) is 2. The molecule has 0 unspecified atom stereocenters. The van der Waals surface area contributed by atoms with Crippen LogP contribution in [0.3, 0.4) is 0 Å². The highest BCUT2D eigenvalue weighted by Crippen LogP contribution is 2.51. The Kier molecular flexibility index (Phi) is 2.92. The van der Waals surface area contributed by atoms with Crippen LogP contribution in [0.2, 0.25) is 0 Å². The molecule has 1 aromatic rings. The summed E-state index contributed by atoms with van der Waals surface area (Å²) in [7, 11) is 1.43. The molecule has 0 aromatic carbocycles. The average Bonchev–Trinajstić information content (AvgIpc) is 3.08. The van der Waals surface area contributed by atoms with Crippen molar-refractivity contribution in [3.8, 4) is 0 Å². The number of carbonyl (C=O) groups is 1. The van der Waals surface area contributed by atoms with Crippen LogP contribution < -0.4 is 10.6 Å². The molecule has 18 heavy (non-hydrogen) atoms. The van der Waals surface area contributed by atoms with Gasteiger partial charge in [0.25, 0.3) is 5.91 Å². The molecule has 0 spiro atoms. The molecule has 0 bridgehead atoms. The second-order valence-electron chi connectivity index (χ2n) is 4.21. The minimum Gasteiger partial charge on any atom is -0.371 e. The van der Waals surface area contributed by atoms with Crippen LogP contribution in [0, 0.1) is 0 Å². The van der Waals surface area contributed by atoms with E-state index in [1.807, 2.05) is 0 Å². The van der Waals surface area contributed by atoms with E-state index in [0.717, 1.165) is 0 Å². The first-order valence-electron chi connectivity index (χ1n) is 5.41. The fourth-order valence-corrected chi connectivity index (χ4v) is 1.64. The lowest BCUT2D eigenvalue weighted by atomic mass is 10.2. The molecule has 0 radical (unpaired) electrons. The van der Waals surface area contributed by atoms with E-state index in [-0.39, 0.29) is 24.2 Å². The van der Waals surface area contributed by atoms with Crippen LogP contribution in [-0.2, 0) is 0 Å². The maximum atomic E-state index is 12.7. The van der Waals surface area contributed by atoms with Gasteiger partial charge in [-0.05, 0) is 25.0 Å². The molecule has 4 nitrogen and oxygen atoms in total. The first kappa shape index (κ1) is 12.7. The van der Waals surface area contributed by atoms with Crippen molar-refractivity contribution in [2.45, 2.75) is 24.6 Å². The number of amides is 1. The van der Waals surface area contributed by atoms with Crippen molar-refractivity contribution in [1.29, 1.82) is 0 Å². The predicted molar refractivity (Wildman–Crippen MR) is 59.3 cm³/mol. The molecule has 7 heteroatoms. The summed E-state index contributed by atoms with van der Waals surface area (Å²) in [6.07, 6.45) is -2.88. The van der Waals surface area contributed by atoms with Crippen molar-refractivity contribution in [3.05, 3.63) is 24.0 Å². The Bertz CT molecular complexity index is 469. The second-order valence-corrected chi connectivity index (χ2v) is 4.21. The number of alkyl halides is 3. The van der Waals surface area contributed by atoms with Crippen molar-refractivity contribution in [2.24, 2.45) is 0 Å². The maximum Gasteiger partial charge on any atom is 0.411 e. The van der Waals surface area contributed by atoms with Gasteiger partial charge in [0.15, 0.2) is 0 Å². The van der Waals surface area contributed by atoms with Crippen molar-refractivity contribution >= 4 is 11.6 Å². The summed E-state index contributed by atoms with van der Waals surface area (Å²) < 4.78 is 38.2. The summed E-state index contributed by atoms with van der Waals surface area (Å²) in [5, 5.41) is 4.81. The number of aromatic nitrogens is 1. The molecule has 1 saturated carbocycles. The third-order valence-electron chi connectivity index (χ3n) is 2.90. The summed E-state index contributed by atoms with van der Waals surface area (Å²) in [5.74, 6) is -0.435. The van der Waals surface area contributed by atoms with Crippen LogP contribution in [0.25, 0.3) is 0 Å². The van der Waals surface area contributed by atoms with E-state index in [9.17, 15) is 18.0 Å². The van der Waals surface area contributed by atoms with Crippen LogP contribution >= 0.6 is 0 Å². The van der Waals surface area contributed by atoms with E-state index in [1.165, 1.54) is 25.4 Å². The van der Waals surface area contributed by atoms with E-state index in [1.54, 1.807) is 0 Å². The summed E-state index contributed by atoms with van der Waals surface area (Å²) in [6, 6.07) is 2.73. The summed E-state index contributed by atoms with van der Waals surface area (Å²) in [6.45, 7) is 0. The molecular formula is C11H12F3N3O. The standard InChI is InChI=1S/C11H12F3N3O/c1-15-9(18)8-6-7(2-5-16-8)17-10(3-4-10)11(12,13)14/h2,5-6H,3-4H2,1H3,(H,15,18)(H,16,17). The quantitative estimate of drug-likeness (QED) is 0.872. The Labute approximate surface area is 102 Å². The molecule has 1 aliphatic carbocycles. The van der Waals surface area contributed by atoms with Gasteiger partial charge in [0.2, 0.25) is 0 Å². The van der Waals surface area contributed by atoms with E-state index < -0.39 is 17.6 Å². The van der Waals surface area contributed by atoms with Crippen LogP contribution in [0.15, 0.2) is 18.3 Å². The Hall–Kier alpha value is -1.79. The average molecular weight is 259 g/mol. The highest BCUT2D eigenvalue weighted by Gasteiger charge is 2.63. The third kappa shape index (κ3) is 2.25. The van der Waals surface area contributed by atoms with Gasteiger partial charge in [-0.25, -0.2) is 0 Å². The number of rotatable bonds is 3. The number of anilines is 1. The first-order chi connectivity index (χ1) is 8.38. The number of nitrogens with zero attached hydrogens (tertiary/aromatic N) is 1. The van der Waals surface area contributed by atoms with Gasteiger partial charge in [0, 0.05) is 18.9 Å². The van der Waals surface area contributed by atoms with Gasteiger partial charge in [-0.3, -0.25) is 9.78 Å². The maximum absolute atomic E-state index is 12.7. The van der Waals surface area contributed by atoms with Crippen molar-refractivity contribution in [2.75, 3.05) is 12.4 Å². The van der Waals surface area contributed by atoms with Crippen molar-refractivity contribution in [3.63, 3.8) is 0 Å². The lowest BCUT2D eigenvalue weighted by Crippen LogP contribution is -2.38. The zero-order valence-electron chi connectivity index (χ0n) is 9.64. The van der Waals surface area contributed by atoms with E-state index in [0.29, 0.717) is 0 Å². The van der Waals surface area contributed by atoms with Gasteiger partial charge >= 0.3 is 6.18 Å². The molecular weight excluding hydrogens is 247 g/mol. The van der Waals surface area contributed by atoms with Crippen LogP contribution in [0.5, 0.6) is 0 Å². The largest absolute Gasteiger partial charge is 0.411 e. The van der Waals surface area contributed by atoms with E-state index in [2.05, 4.69) is 15.6 Å². The first-order valence-corrected chi connectivity index (χ1v) is 5.41. The number of pyridine rings is 1. The van der Waals surface area contributed by atoms with E-state index in [4.69, 9.17) is 0 Å². The molecule has 0 aliphatic heterocycles. The summed E-state index contributed by atoms with van der Waals surface area (Å²) >= 11 is 0. The van der Waals surface area contributed by atoms with Gasteiger partial charge < -0.3 is 10.6 Å². The number of nitrogens with one attached hydrogen (secondary N) is 2. The minimum atomic E-state index is -4.29. The molecule has 1 amide bonds. The minimum absolute atomic E-state index is 0.0497. The molecule has 2 rings (SSSR count). The highest BCUT2D eigenvalue weighted by atomic mass is 19.4. The van der Waals surface area contributed by atoms with Crippen molar-refractivity contribution < 1.29 is 18.0 Å². The zero-order chi connectivity index (χ0) is 13.4. The zero-order valence-corrected chi connectivity index (χ0v) is 9.64. The summed E-state index contributed by atoms with van der Waals surface area (Å²) in [5.41, 5.74) is -1.51. The lowest BCUT2D eigenvalue weighted by Gasteiger charge is -2.21. The van der Waals surface area contributed by atoms with Gasteiger partial charge in [0.05, 0.1) is 0 Å². The van der Waals surface area contributed by atoms with Gasteiger partial charge in [-0.2, -0.15) is 13.2 Å². The third-order valence-corrected chi connectivity index (χ3v) is 2.90. The van der Waals surface area contributed by atoms with Gasteiger partial charge in [-0.15, -0.1) is 0 Å². The molecule has 0 atom stereocenters. The molecule has 1 fully saturated rings. The topological polar surface area (TPSA) is 54.0 Å². The Morgan fingerprint density at radius 1 is 1.44 bits per heavy atom. The van der Waals surface area contributed by atoms with Crippen molar-refractivity contribution in [1.82, 2.24) is 10.3 Å². The molecule has 1 aromatic heterocycles. The van der Waals surface area contributed by atoms with E-state index >= 15 is 0 Å².